The molecule has 3 atom stereocenters. The molecule has 2 heteroatoms. The highest BCUT2D eigenvalue weighted by Crippen LogP contribution is 2.38. The SMILES string of the molecule is OC1CCC(c2ccccc2)CC1Cc1ccccc1F. The fourth-order valence-corrected chi connectivity index (χ4v) is 3.44. The predicted molar refractivity (Wildman–Crippen MR) is 82.6 cm³/mol. The number of aliphatic hydroxyl groups is 1. The third-order valence-corrected chi connectivity index (χ3v) is 4.65. The van der Waals surface area contributed by atoms with Gasteiger partial charge in [-0.3, -0.25) is 0 Å². The molecule has 0 aromatic heterocycles. The van der Waals surface area contributed by atoms with Gasteiger partial charge < -0.3 is 5.11 Å². The highest BCUT2D eigenvalue weighted by molar-refractivity contribution is 5.22. The quantitative estimate of drug-likeness (QED) is 0.890. The number of aliphatic hydroxyl groups excluding tert-OH is 1. The lowest BCUT2D eigenvalue weighted by Crippen LogP contribution is -2.30. The Bertz CT molecular complexity index is 581. The smallest absolute Gasteiger partial charge is 0.126 e. The first-order valence-electron chi connectivity index (χ1n) is 7.70. The van der Waals surface area contributed by atoms with Gasteiger partial charge in [-0.05, 0) is 54.7 Å². The first-order chi connectivity index (χ1) is 10.2. The number of hydrogen-bond donors (Lipinski definition) is 1. The molecule has 0 bridgehead atoms. The number of halogens is 1. The van der Waals surface area contributed by atoms with Crippen LogP contribution >= 0.6 is 0 Å². The van der Waals surface area contributed by atoms with Crippen molar-refractivity contribution in [3.63, 3.8) is 0 Å². The maximum absolute atomic E-state index is 13.8. The van der Waals surface area contributed by atoms with Crippen molar-refractivity contribution >= 4 is 0 Å². The lowest BCUT2D eigenvalue weighted by Gasteiger charge is -2.33. The minimum absolute atomic E-state index is 0.140. The largest absolute Gasteiger partial charge is 0.393 e. The molecule has 1 aliphatic rings. The van der Waals surface area contributed by atoms with Crippen LogP contribution in [0, 0.1) is 11.7 Å². The van der Waals surface area contributed by atoms with Gasteiger partial charge in [0.15, 0.2) is 0 Å². The van der Waals surface area contributed by atoms with Gasteiger partial charge in [0.2, 0.25) is 0 Å². The molecular weight excluding hydrogens is 263 g/mol. The van der Waals surface area contributed by atoms with Crippen molar-refractivity contribution in [3.8, 4) is 0 Å². The first-order valence-corrected chi connectivity index (χ1v) is 7.70. The second-order valence-corrected chi connectivity index (χ2v) is 6.04. The van der Waals surface area contributed by atoms with Crippen molar-refractivity contribution in [1.82, 2.24) is 0 Å². The Labute approximate surface area is 125 Å². The zero-order chi connectivity index (χ0) is 14.7. The van der Waals surface area contributed by atoms with Crippen molar-refractivity contribution in [2.75, 3.05) is 0 Å². The van der Waals surface area contributed by atoms with Crippen LogP contribution in [0.1, 0.15) is 36.3 Å². The van der Waals surface area contributed by atoms with Gasteiger partial charge in [-0.2, -0.15) is 0 Å². The fraction of sp³-hybridized carbons (Fsp3) is 0.368. The van der Waals surface area contributed by atoms with Crippen LogP contribution < -0.4 is 0 Å². The molecule has 2 aromatic rings. The average molecular weight is 284 g/mol. The van der Waals surface area contributed by atoms with Crippen LogP contribution in [0.2, 0.25) is 0 Å². The van der Waals surface area contributed by atoms with Crippen LogP contribution in [-0.2, 0) is 6.42 Å². The maximum Gasteiger partial charge on any atom is 0.126 e. The summed E-state index contributed by atoms with van der Waals surface area (Å²) in [5.74, 6) is 0.457. The summed E-state index contributed by atoms with van der Waals surface area (Å²) in [7, 11) is 0. The van der Waals surface area contributed by atoms with Crippen molar-refractivity contribution < 1.29 is 9.50 Å². The average Bonchev–Trinajstić information content (AvgIpc) is 2.52. The molecule has 0 saturated heterocycles. The normalized spacial score (nSPS) is 25.7. The van der Waals surface area contributed by atoms with Gasteiger partial charge in [-0.25, -0.2) is 4.39 Å². The summed E-state index contributed by atoms with van der Waals surface area (Å²) in [6.45, 7) is 0. The Kier molecular flexibility index (Phi) is 4.35. The van der Waals surface area contributed by atoms with Crippen LogP contribution in [0.25, 0.3) is 0 Å². The Morgan fingerprint density at radius 1 is 0.952 bits per heavy atom. The molecule has 1 nitrogen and oxygen atoms in total. The molecule has 3 unspecified atom stereocenters. The Morgan fingerprint density at radius 3 is 2.43 bits per heavy atom. The Hall–Kier alpha value is -1.67. The second kappa shape index (κ2) is 6.40. The molecule has 0 radical (unpaired) electrons. The van der Waals surface area contributed by atoms with E-state index in [1.54, 1.807) is 6.07 Å². The van der Waals surface area contributed by atoms with Gasteiger partial charge >= 0.3 is 0 Å². The minimum Gasteiger partial charge on any atom is -0.393 e. The number of hydrogen-bond acceptors (Lipinski definition) is 1. The maximum atomic E-state index is 13.8. The van der Waals surface area contributed by atoms with Gasteiger partial charge in [-0.15, -0.1) is 0 Å². The standard InChI is InChI=1S/C19H21FO/c20-18-9-5-4-8-16(18)13-17-12-15(10-11-19(17)21)14-6-2-1-3-7-14/h1-9,15,17,19,21H,10-13H2. The molecule has 1 aliphatic carbocycles. The first kappa shape index (κ1) is 14.3. The molecule has 21 heavy (non-hydrogen) atoms. The topological polar surface area (TPSA) is 20.2 Å². The summed E-state index contributed by atoms with van der Waals surface area (Å²) >= 11 is 0. The lowest BCUT2D eigenvalue weighted by molar-refractivity contribution is 0.0616. The third kappa shape index (κ3) is 3.33. The van der Waals surface area contributed by atoms with Crippen molar-refractivity contribution in [1.29, 1.82) is 0 Å². The highest BCUT2D eigenvalue weighted by Gasteiger charge is 2.30. The molecule has 1 N–H and O–H groups in total. The van der Waals surface area contributed by atoms with E-state index < -0.39 is 0 Å². The van der Waals surface area contributed by atoms with Crippen molar-refractivity contribution in [2.24, 2.45) is 5.92 Å². The van der Waals surface area contributed by atoms with E-state index >= 15 is 0 Å². The van der Waals surface area contributed by atoms with Crippen molar-refractivity contribution in [2.45, 2.75) is 37.7 Å². The third-order valence-electron chi connectivity index (χ3n) is 4.65. The van der Waals surface area contributed by atoms with Crippen LogP contribution in [0.3, 0.4) is 0 Å². The predicted octanol–water partition coefficient (Wildman–Crippen LogP) is 4.31. The molecule has 0 heterocycles. The van der Waals surface area contributed by atoms with Gasteiger partial charge in [0.25, 0.3) is 0 Å². The highest BCUT2D eigenvalue weighted by atomic mass is 19.1. The second-order valence-electron chi connectivity index (χ2n) is 6.04. The summed E-state index contributed by atoms with van der Waals surface area (Å²) in [5.41, 5.74) is 2.05. The van der Waals surface area contributed by atoms with E-state index in [1.165, 1.54) is 11.6 Å². The lowest BCUT2D eigenvalue weighted by atomic mass is 9.74. The molecule has 0 amide bonds. The van der Waals surface area contributed by atoms with Gasteiger partial charge in [0.1, 0.15) is 5.82 Å². The van der Waals surface area contributed by atoms with Crippen molar-refractivity contribution in [3.05, 3.63) is 71.5 Å². The van der Waals surface area contributed by atoms with Crippen LogP contribution in [0.4, 0.5) is 4.39 Å². The molecule has 3 rings (SSSR count). The van der Waals surface area contributed by atoms with Crippen LogP contribution in [0.5, 0.6) is 0 Å². The molecule has 110 valence electrons. The van der Waals surface area contributed by atoms with Gasteiger partial charge in [0, 0.05) is 0 Å². The van der Waals surface area contributed by atoms with E-state index in [9.17, 15) is 9.50 Å². The van der Waals surface area contributed by atoms with E-state index in [0.29, 0.717) is 12.3 Å². The number of rotatable bonds is 3. The Morgan fingerprint density at radius 2 is 1.67 bits per heavy atom. The van der Waals surface area contributed by atoms with E-state index in [4.69, 9.17) is 0 Å². The summed E-state index contributed by atoms with van der Waals surface area (Å²) in [6, 6.07) is 17.4. The zero-order valence-electron chi connectivity index (χ0n) is 12.1. The summed E-state index contributed by atoms with van der Waals surface area (Å²) in [5, 5.41) is 10.3. The van der Waals surface area contributed by atoms with E-state index in [0.717, 1.165) is 24.8 Å². The van der Waals surface area contributed by atoms with Crippen LogP contribution in [0.15, 0.2) is 54.6 Å². The molecule has 1 fully saturated rings. The Balaban J connectivity index is 1.74. The molecule has 1 saturated carbocycles. The van der Waals surface area contributed by atoms with E-state index in [2.05, 4.69) is 24.3 Å². The zero-order valence-corrected chi connectivity index (χ0v) is 12.1. The van der Waals surface area contributed by atoms with Crippen LogP contribution in [-0.4, -0.2) is 11.2 Å². The van der Waals surface area contributed by atoms with Gasteiger partial charge in [0.05, 0.1) is 6.10 Å². The molecular formula is C19H21FO. The monoisotopic (exact) mass is 284 g/mol. The fourth-order valence-electron chi connectivity index (χ4n) is 3.44. The molecule has 2 aromatic carbocycles. The summed E-state index contributed by atoms with van der Waals surface area (Å²) in [6.07, 6.45) is 3.05. The van der Waals surface area contributed by atoms with Gasteiger partial charge in [-0.1, -0.05) is 48.5 Å². The van der Waals surface area contributed by atoms with E-state index in [1.807, 2.05) is 18.2 Å². The van der Waals surface area contributed by atoms with E-state index in [-0.39, 0.29) is 17.8 Å². The molecule has 0 aliphatic heterocycles. The number of benzene rings is 2. The molecule has 0 spiro atoms. The summed E-state index contributed by atoms with van der Waals surface area (Å²) < 4.78 is 13.8. The summed E-state index contributed by atoms with van der Waals surface area (Å²) in [4.78, 5) is 0. The minimum atomic E-state index is -0.315.